The van der Waals surface area contributed by atoms with E-state index in [-0.39, 0.29) is 7.43 Å². The fraction of sp³-hybridized carbons (Fsp3) is 1.00. The van der Waals surface area contributed by atoms with Gasteiger partial charge in [-0.3, -0.25) is 0 Å². The van der Waals surface area contributed by atoms with Crippen LogP contribution in [-0.2, 0) is 0 Å². The van der Waals surface area contributed by atoms with Crippen LogP contribution >= 0.6 is 0 Å². The maximum atomic E-state index is 2.45. The van der Waals surface area contributed by atoms with Crippen molar-refractivity contribution in [2.75, 3.05) is 0 Å². The van der Waals surface area contributed by atoms with E-state index in [0.29, 0.717) is 0 Å². The van der Waals surface area contributed by atoms with Gasteiger partial charge in [0.1, 0.15) is 0 Å². The summed E-state index contributed by atoms with van der Waals surface area (Å²) in [5.41, 5.74) is 0. The summed E-state index contributed by atoms with van der Waals surface area (Å²) >= 11 is 0. The SMILES string of the molecule is C.CCC1CCCCC(C)C1C. The zero-order valence-corrected chi connectivity index (χ0v) is 8.27. The minimum atomic E-state index is 0. The van der Waals surface area contributed by atoms with Crippen molar-refractivity contribution in [2.24, 2.45) is 17.8 Å². The van der Waals surface area contributed by atoms with Crippen LogP contribution in [0, 0.1) is 17.8 Å². The largest absolute Gasteiger partial charge is 0.0776 e. The Kier molecular flexibility index (Phi) is 5.61. The van der Waals surface area contributed by atoms with E-state index in [4.69, 9.17) is 0 Å². The van der Waals surface area contributed by atoms with Crippen molar-refractivity contribution in [3.8, 4) is 0 Å². The third kappa shape index (κ3) is 2.80. The minimum absolute atomic E-state index is 0. The summed E-state index contributed by atoms with van der Waals surface area (Å²) in [6.07, 6.45) is 7.31. The van der Waals surface area contributed by atoms with E-state index in [0.717, 1.165) is 17.8 Å². The predicted molar refractivity (Wildman–Crippen MR) is 57.3 cm³/mol. The van der Waals surface area contributed by atoms with Crippen LogP contribution in [0.25, 0.3) is 0 Å². The van der Waals surface area contributed by atoms with Crippen molar-refractivity contribution >= 4 is 0 Å². The van der Waals surface area contributed by atoms with E-state index < -0.39 is 0 Å². The monoisotopic (exact) mass is 170 g/mol. The molecule has 0 heteroatoms. The lowest BCUT2D eigenvalue weighted by molar-refractivity contribution is 0.259. The highest BCUT2D eigenvalue weighted by Crippen LogP contribution is 2.34. The molecule has 0 heterocycles. The lowest BCUT2D eigenvalue weighted by Crippen LogP contribution is -2.15. The maximum absolute atomic E-state index is 2.45. The molecule has 1 fully saturated rings. The van der Waals surface area contributed by atoms with Crippen LogP contribution < -0.4 is 0 Å². The Balaban J connectivity index is 0.00000121. The van der Waals surface area contributed by atoms with Crippen LogP contribution in [-0.4, -0.2) is 0 Å². The van der Waals surface area contributed by atoms with E-state index in [1.54, 1.807) is 0 Å². The fourth-order valence-electron chi connectivity index (χ4n) is 2.44. The minimum Gasteiger partial charge on any atom is -0.0776 e. The molecule has 0 aromatic heterocycles. The molecule has 0 radical (unpaired) electrons. The lowest BCUT2D eigenvalue weighted by Gasteiger charge is -2.24. The topological polar surface area (TPSA) is 0 Å². The van der Waals surface area contributed by atoms with Gasteiger partial charge < -0.3 is 0 Å². The first-order valence-corrected chi connectivity index (χ1v) is 5.25. The Morgan fingerprint density at radius 3 is 2.25 bits per heavy atom. The molecule has 1 rings (SSSR count). The van der Waals surface area contributed by atoms with Gasteiger partial charge in [-0.15, -0.1) is 0 Å². The summed E-state index contributed by atoms with van der Waals surface area (Å²) in [6.45, 7) is 7.22. The van der Waals surface area contributed by atoms with Gasteiger partial charge in [0, 0.05) is 0 Å². The van der Waals surface area contributed by atoms with Gasteiger partial charge in [-0.05, 0) is 17.8 Å². The summed E-state index contributed by atoms with van der Waals surface area (Å²) in [5, 5.41) is 0. The molecule has 12 heavy (non-hydrogen) atoms. The first-order chi connectivity index (χ1) is 5.25. The highest BCUT2D eigenvalue weighted by molar-refractivity contribution is 4.74. The van der Waals surface area contributed by atoms with Gasteiger partial charge in [-0.25, -0.2) is 0 Å². The normalized spacial score (nSPS) is 36.8. The molecule has 0 aromatic carbocycles. The molecule has 1 saturated carbocycles. The third-order valence-electron chi connectivity index (χ3n) is 3.65. The third-order valence-corrected chi connectivity index (χ3v) is 3.65. The Morgan fingerprint density at radius 1 is 1.08 bits per heavy atom. The molecule has 0 nitrogen and oxygen atoms in total. The summed E-state index contributed by atoms with van der Waals surface area (Å²) < 4.78 is 0. The van der Waals surface area contributed by atoms with Gasteiger partial charge in [-0.1, -0.05) is 60.3 Å². The van der Waals surface area contributed by atoms with E-state index >= 15 is 0 Å². The first-order valence-electron chi connectivity index (χ1n) is 5.25. The van der Waals surface area contributed by atoms with Gasteiger partial charge in [-0.2, -0.15) is 0 Å². The highest BCUT2D eigenvalue weighted by Gasteiger charge is 2.23. The van der Waals surface area contributed by atoms with Crippen molar-refractivity contribution in [2.45, 2.75) is 60.3 Å². The lowest BCUT2D eigenvalue weighted by atomic mass is 9.82. The molecule has 0 bridgehead atoms. The molecule has 3 atom stereocenters. The smallest absolute Gasteiger partial charge is 0.0389 e. The van der Waals surface area contributed by atoms with Crippen LogP contribution in [0.2, 0.25) is 0 Å². The quantitative estimate of drug-likeness (QED) is 0.508. The van der Waals surface area contributed by atoms with Crippen LogP contribution in [0.1, 0.15) is 60.3 Å². The van der Waals surface area contributed by atoms with Gasteiger partial charge in [0.05, 0.1) is 0 Å². The van der Waals surface area contributed by atoms with Crippen LogP contribution in [0.4, 0.5) is 0 Å². The maximum Gasteiger partial charge on any atom is -0.0389 e. The second-order valence-corrected chi connectivity index (χ2v) is 4.29. The standard InChI is InChI=1S/C11H22.CH4/c1-4-11-8-6-5-7-9(2)10(11)3;/h9-11H,4-8H2,1-3H3;1H4. The van der Waals surface area contributed by atoms with E-state index in [2.05, 4.69) is 20.8 Å². The predicted octanol–water partition coefficient (Wildman–Crippen LogP) is 4.49. The molecule has 74 valence electrons. The zero-order valence-electron chi connectivity index (χ0n) is 8.27. The van der Waals surface area contributed by atoms with E-state index in [9.17, 15) is 0 Å². The Hall–Kier alpha value is 0. The van der Waals surface area contributed by atoms with Gasteiger partial charge in [0.15, 0.2) is 0 Å². The molecule has 0 spiro atoms. The molecule has 1 aliphatic carbocycles. The molecule has 0 saturated heterocycles. The van der Waals surface area contributed by atoms with E-state index in [1.807, 2.05) is 0 Å². The molecule has 0 N–H and O–H groups in total. The van der Waals surface area contributed by atoms with Crippen molar-refractivity contribution in [3.63, 3.8) is 0 Å². The summed E-state index contributed by atoms with van der Waals surface area (Å²) in [7, 11) is 0. The molecule has 3 unspecified atom stereocenters. The van der Waals surface area contributed by atoms with Crippen molar-refractivity contribution in [1.29, 1.82) is 0 Å². The molecule has 1 aliphatic rings. The summed E-state index contributed by atoms with van der Waals surface area (Å²) in [6, 6.07) is 0. The average molecular weight is 170 g/mol. The van der Waals surface area contributed by atoms with Crippen molar-refractivity contribution in [3.05, 3.63) is 0 Å². The van der Waals surface area contributed by atoms with Crippen molar-refractivity contribution in [1.82, 2.24) is 0 Å². The Bertz CT molecular complexity index is 107. The highest BCUT2D eigenvalue weighted by atomic mass is 14.3. The molecule has 0 aliphatic heterocycles. The second kappa shape index (κ2) is 5.61. The Labute approximate surface area is 78.8 Å². The van der Waals surface area contributed by atoms with Gasteiger partial charge in [0.2, 0.25) is 0 Å². The zero-order chi connectivity index (χ0) is 8.27. The molecule has 0 aromatic rings. The fourth-order valence-corrected chi connectivity index (χ4v) is 2.44. The van der Waals surface area contributed by atoms with Crippen LogP contribution in [0.3, 0.4) is 0 Å². The van der Waals surface area contributed by atoms with E-state index in [1.165, 1.54) is 32.1 Å². The number of hydrogen-bond donors (Lipinski definition) is 0. The summed E-state index contributed by atoms with van der Waals surface area (Å²) in [4.78, 5) is 0. The van der Waals surface area contributed by atoms with Crippen molar-refractivity contribution < 1.29 is 0 Å². The molecule has 0 amide bonds. The number of rotatable bonds is 1. The average Bonchev–Trinajstić information content (AvgIpc) is 2.16. The second-order valence-electron chi connectivity index (χ2n) is 4.29. The number of hydrogen-bond acceptors (Lipinski definition) is 0. The van der Waals surface area contributed by atoms with Crippen LogP contribution in [0.15, 0.2) is 0 Å². The van der Waals surface area contributed by atoms with Gasteiger partial charge in [0.25, 0.3) is 0 Å². The molecular weight excluding hydrogens is 144 g/mol. The molecular formula is C12H26. The van der Waals surface area contributed by atoms with Crippen LogP contribution in [0.5, 0.6) is 0 Å². The first kappa shape index (κ1) is 12.0. The summed E-state index contributed by atoms with van der Waals surface area (Å²) in [5.74, 6) is 2.97. The van der Waals surface area contributed by atoms with Gasteiger partial charge >= 0.3 is 0 Å². The Morgan fingerprint density at radius 2 is 1.67 bits per heavy atom.